The average molecular weight is 365 g/mol. The Bertz CT molecular complexity index is 889. The van der Waals surface area contributed by atoms with E-state index >= 15 is 0 Å². The summed E-state index contributed by atoms with van der Waals surface area (Å²) in [5.74, 6) is 0.824. The number of aryl methyl sites for hydroxylation is 1. The molecule has 0 radical (unpaired) electrons. The fourth-order valence-corrected chi connectivity index (χ4v) is 2.74. The topological polar surface area (TPSA) is 81.1 Å². The van der Waals surface area contributed by atoms with Crippen molar-refractivity contribution in [3.8, 4) is 17.0 Å². The predicted octanol–water partition coefficient (Wildman–Crippen LogP) is 2.53. The normalized spacial score (nSPS) is 10.4. The van der Waals surface area contributed by atoms with Crippen molar-refractivity contribution in [2.75, 3.05) is 13.7 Å². The molecule has 0 atom stereocenters. The highest BCUT2D eigenvalue weighted by molar-refractivity contribution is 5.74. The lowest BCUT2D eigenvalue weighted by atomic mass is 10.1. The third kappa shape index (κ3) is 5.07. The van der Waals surface area contributed by atoms with Crippen LogP contribution in [0.2, 0.25) is 0 Å². The smallest absolute Gasteiger partial charge is 0.315 e. The molecule has 0 fully saturated rings. The minimum atomic E-state index is -0.204. The van der Waals surface area contributed by atoms with Crippen molar-refractivity contribution in [1.29, 1.82) is 0 Å². The fraction of sp³-hybridized carbons (Fsp3) is 0.250. The van der Waals surface area contributed by atoms with Crippen LogP contribution in [0.1, 0.15) is 11.1 Å². The van der Waals surface area contributed by atoms with Gasteiger partial charge in [-0.2, -0.15) is 5.10 Å². The maximum absolute atomic E-state index is 12.1. The molecule has 0 aliphatic heterocycles. The first kappa shape index (κ1) is 18.4. The highest BCUT2D eigenvalue weighted by Crippen LogP contribution is 2.20. The van der Waals surface area contributed by atoms with Gasteiger partial charge in [-0.1, -0.05) is 18.2 Å². The van der Waals surface area contributed by atoms with Crippen LogP contribution in [0.15, 0.2) is 55.0 Å². The van der Waals surface area contributed by atoms with Gasteiger partial charge in [0.15, 0.2) is 0 Å². The summed E-state index contributed by atoms with van der Waals surface area (Å²) in [5.41, 5.74) is 3.83. The van der Waals surface area contributed by atoms with Crippen molar-refractivity contribution >= 4 is 6.03 Å². The van der Waals surface area contributed by atoms with Crippen LogP contribution >= 0.6 is 0 Å². The molecule has 2 aromatic heterocycles. The lowest BCUT2D eigenvalue weighted by Crippen LogP contribution is -2.36. The first-order chi connectivity index (χ1) is 13.2. The number of urea groups is 1. The van der Waals surface area contributed by atoms with Crippen LogP contribution in [0.25, 0.3) is 11.3 Å². The molecule has 0 aliphatic rings. The van der Waals surface area contributed by atoms with E-state index in [9.17, 15) is 4.79 Å². The van der Waals surface area contributed by atoms with Crippen LogP contribution in [0, 0.1) is 0 Å². The Morgan fingerprint density at radius 1 is 1.19 bits per heavy atom. The number of hydrogen-bond acceptors (Lipinski definition) is 4. The molecule has 0 aliphatic carbocycles. The highest BCUT2D eigenvalue weighted by Gasteiger charge is 2.09. The standard InChI is InChI=1S/C20H23N5O2/c1-25-14-17(13-24-25)19-16(4-3-10-21-19)12-23-20(26)22-11-9-15-5-7-18(27-2)8-6-15/h3-8,10,13-14H,9,11-12H2,1-2H3,(H2,22,23,26). The second-order valence-electron chi connectivity index (χ2n) is 6.12. The van der Waals surface area contributed by atoms with Gasteiger partial charge in [-0.15, -0.1) is 0 Å². The zero-order chi connectivity index (χ0) is 19.1. The molecular formula is C20H23N5O2. The van der Waals surface area contributed by atoms with E-state index in [1.165, 1.54) is 0 Å². The maximum atomic E-state index is 12.1. The highest BCUT2D eigenvalue weighted by atomic mass is 16.5. The molecule has 0 spiro atoms. The number of nitrogens with one attached hydrogen (secondary N) is 2. The summed E-state index contributed by atoms with van der Waals surface area (Å²) < 4.78 is 6.87. The van der Waals surface area contributed by atoms with E-state index in [-0.39, 0.29) is 6.03 Å². The molecule has 3 aromatic rings. The van der Waals surface area contributed by atoms with E-state index in [1.54, 1.807) is 24.2 Å². The van der Waals surface area contributed by atoms with Gasteiger partial charge in [0.05, 0.1) is 19.0 Å². The summed E-state index contributed by atoms with van der Waals surface area (Å²) in [6.07, 6.45) is 6.16. The fourth-order valence-electron chi connectivity index (χ4n) is 2.74. The van der Waals surface area contributed by atoms with Crippen molar-refractivity contribution in [3.05, 3.63) is 66.1 Å². The monoisotopic (exact) mass is 365 g/mol. The number of carbonyl (C=O) groups is 1. The van der Waals surface area contributed by atoms with E-state index in [4.69, 9.17) is 4.74 Å². The number of ether oxygens (including phenoxy) is 1. The number of nitrogens with zero attached hydrogens (tertiary/aromatic N) is 3. The van der Waals surface area contributed by atoms with E-state index in [1.807, 2.05) is 49.6 Å². The van der Waals surface area contributed by atoms with Crippen LogP contribution in [-0.2, 0) is 20.0 Å². The van der Waals surface area contributed by atoms with Gasteiger partial charge in [0, 0.05) is 38.1 Å². The summed E-state index contributed by atoms with van der Waals surface area (Å²) in [7, 11) is 3.50. The van der Waals surface area contributed by atoms with Gasteiger partial charge in [0.1, 0.15) is 5.75 Å². The Morgan fingerprint density at radius 3 is 2.70 bits per heavy atom. The predicted molar refractivity (Wildman–Crippen MR) is 103 cm³/mol. The Balaban J connectivity index is 1.49. The number of benzene rings is 1. The lowest BCUT2D eigenvalue weighted by molar-refractivity contribution is 0.240. The molecule has 0 saturated carbocycles. The van der Waals surface area contributed by atoms with Gasteiger partial charge in [-0.3, -0.25) is 9.67 Å². The molecule has 7 heteroatoms. The Morgan fingerprint density at radius 2 is 2.00 bits per heavy atom. The molecule has 0 saturated heterocycles. The zero-order valence-corrected chi connectivity index (χ0v) is 15.5. The molecule has 3 rings (SSSR count). The van der Waals surface area contributed by atoms with E-state index in [2.05, 4.69) is 20.7 Å². The second-order valence-corrected chi connectivity index (χ2v) is 6.12. The van der Waals surface area contributed by atoms with Gasteiger partial charge >= 0.3 is 6.03 Å². The second kappa shape index (κ2) is 8.84. The summed E-state index contributed by atoms with van der Waals surface area (Å²) >= 11 is 0. The van der Waals surface area contributed by atoms with Crippen molar-refractivity contribution in [2.45, 2.75) is 13.0 Å². The third-order valence-corrected chi connectivity index (χ3v) is 4.17. The Labute approximate surface area is 158 Å². The molecule has 2 N–H and O–H groups in total. The minimum Gasteiger partial charge on any atom is -0.497 e. The van der Waals surface area contributed by atoms with Crippen molar-refractivity contribution < 1.29 is 9.53 Å². The summed E-state index contributed by atoms with van der Waals surface area (Å²) in [6, 6.07) is 11.4. The zero-order valence-electron chi connectivity index (χ0n) is 15.5. The molecule has 2 heterocycles. The van der Waals surface area contributed by atoms with Gasteiger partial charge in [-0.05, 0) is 35.7 Å². The van der Waals surface area contributed by atoms with Gasteiger partial charge in [-0.25, -0.2) is 4.79 Å². The average Bonchev–Trinajstić information content (AvgIpc) is 3.13. The molecular weight excluding hydrogens is 342 g/mol. The molecule has 140 valence electrons. The number of aromatic nitrogens is 3. The van der Waals surface area contributed by atoms with Crippen molar-refractivity contribution in [2.24, 2.45) is 7.05 Å². The van der Waals surface area contributed by atoms with Crippen LogP contribution in [-0.4, -0.2) is 34.5 Å². The maximum Gasteiger partial charge on any atom is 0.315 e. The SMILES string of the molecule is COc1ccc(CCNC(=O)NCc2cccnc2-c2cnn(C)c2)cc1. The third-order valence-electron chi connectivity index (χ3n) is 4.17. The van der Waals surface area contributed by atoms with Gasteiger partial charge in [0.25, 0.3) is 0 Å². The van der Waals surface area contributed by atoms with Crippen molar-refractivity contribution in [1.82, 2.24) is 25.4 Å². The summed E-state index contributed by atoms with van der Waals surface area (Å²) in [4.78, 5) is 16.5. The first-order valence-corrected chi connectivity index (χ1v) is 8.73. The lowest BCUT2D eigenvalue weighted by Gasteiger charge is -2.10. The molecule has 27 heavy (non-hydrogen) atoms. The number of methoxy groups -OCH3 is 1. The first-order valence-electron chi connectivity index (χ1n) is 8.73. The summed E-state index contributed by atoms with van der Waals surface area (Å²) in [6.45, 7) is 0.951. The van der Waals surface area contributed by atoms with Crippen LogP contribution in [0.4, 0.5) is 4.79 Å². The Hall–Kier alpha value is -3.35. The number of rotatable bonds is 7. The van der Waals surface area contributed by atoms with Crippen LogP contribution in [0.3, 0.4) is 0 Å². The number of hydrogen-bond donors (Lipinski definition) is 2. The van der Waals surface area contributed by atoms with Crippen LogP contribution < -0.4 is 15.4 Å². The summed E-state index contributed by atoms with van der Waals surface area (Å²) in [5, 5.41) is 9.94. The van der Waals surface area contributed by atoms with E-state index < -0.39 is 0 Å². The molecule has 1 aromatic carbocycles. The Kier molecular flexibility index (Phi) is 6.04. The minimum absolute atomic E-state index is 0.204. The van der Waals surface area contributed by atoms with Gasteiger partial charge < -0.3 is 15.4 Å². The number of amides is 2. The van der Waals surface area contributed by atoms with Crippen molar-refractivity contribution in [3.63, 3.8) is 0 Å². The van der Waals surface area contributed by atoms with Gasteiger partial charge in [0.2, 0.25) is 0 Å². The van der Waals surface area contributed by atoms with Crippen LogP contribution in [0.5, 0.6) is 5.75 Å². The molecule has 0 bridgehead atoms. The van der Waals surface area contributed by atoms with E-state index in [0.29, 0.717) is 13.1 Å². The largest absolute Gasteiger partial charge is 0.497 e. The molecule has 7 nitrogen and oxygen atoms in total. The molecule has 2 amide bonds. The molecule has 0 unspecified atom stereocenters. The number of carbonyl (C=O) groups excluding carboxylic acids is 1. The quantitative estimate of drug-likeness (QED) is 0.674. The van der Waals surface area contributed by atoms with E-state index in [0.717, 1.165) is 34.6 Å². The number of pyridine rings is 1.